The Morgan fingerprint density at radius 2 is 1.84 bits per heavy atom. The molecule has 0 fully saturated rings. The minimum atomic E-state index is 0.763. The van der Waals surface area contributed by atoms with Gasteiger partial charge < -0.3 is 4.57 Å². The monoisotopic (exact) mass is 339 g/mol. The first kappa shape index (κ1) is 14.2. The molecule has 4 heteroatoms. The van der Waals surface area contributed by atoms with E-state index in [0.29, 0.717) is 0 Å². The van der Waals surface area contributed by atoms with Crippen LogP contribution in [0, 0.1) is 12.1 Å². The summed E-state index contributed by atoms with van der Waals surface area (Å²) in [4.78, 5) is 9.58. The Kier molecular flexibility index (Phi) is 3.09. The van der Waals surface area contributed by atoms with Gasteiger partial charge in [0.05, 0.1) is 32.0 Å². The van der Waals surface area contributed by atoms with Crippen LogP contribution in [-0.4, -0.2) is 9.55 Å². The lowest BCUT2D eigenvalue weighted by Gasteiger charge is -2.10. The molecule has 2 aromatic heterocycles. The first-order chi connectivity index (χ1) is 12.3. The van der Waals surface area contributed by atoms with Gasteiger partial charge >= 0.3 is 0 Å². The maximum absolute atomic E-state index is 4.92. The molecule has 25 heavy (non-hydrogen) atoms. The third-order valence-electron chi connectivity index (χ3n) is 4.39. The van der Waals surface area contributed by atoms with Gasteiger partial charge in [0.1, 0.15) is 0 Å². The minimum absolute atomic E-state index is 0.763. The van der Waals surface area contributed by atoms with E-state index >= 15 is 0 Å². The molecule has 0 unspecified atom stereocenters. The molecule has 0 bridgehead atoms. The van der Waals surface area contributed by atoms with Crippen molar-refractivity contribution in [1.29, 1.82) is 0 Å². The highest BCUT2D eigenvalue weighted by molar-refractivity contribution is 7.21. The van der Waals surface area contributed by atoms with Gasteiger partial charge in [-0.1, -0.05) is 53.8 Å². The number of hydrogen-bond acceptors (Lipinski definition) is 3. The molecule has 0 radical (unpaired) electrons. The third-order valence-corrected chi connectivity index (χ3v) is 5.32. The summed E-state index contributed by atoms with van der Waals surface area (Å²) in [7, 11) is 2.07. The van der Waals surface area contributed by atoms with Gasteiger partial charge in [0.25, 0.3) is 0 Å². The molecule has 0 saturated carbocycles. The number of aromatic nitrogens is 2. The molecule has 0 spiro atoms. The fourth-order valence-corrected chi connectivity index (χ4v) is 4.03. The van der Waals surface area contributed by atoms with Crippen molar-refractivity contribution >= 4 is 48.5 Å². The van der Waals surface area contributed by atoms with E-state index in [9.17, 15) is 0 Å². The number of para-hydroxylation sites is 2. The number of aryl methyl sites for hydroxylation is 1. The van der Waals surface area contributed by atoms with Gasteiger partial charge in [0.2, 0.25) is 5.13 Å². The lowest BCUT2D eigenvalue weighted by Crippen LogP contribution is -2.10. The van der Waals surface area contributed by atoms with E-state index in [2.05, 4.69) is 59.1 Å². The van der Waals surface area contributed by atoms with Gasteiger partial charge in [-0.2, -0.15) is 0 Å². The standard InChI is InChI=1S/C21H13N3S/c1-24-17-11-5-2-8-14(17)20(15-9-3-6-12-18(15)24)23-21-22-16-10-4-7-13-19(16)25-21/h2,4-8,10-13H,1H3. The van der Waals surface area contributed by atoms with E-state index in [1.54, 1.807) is 11.3 Å². The van der Waals surface area contributed by atoms with Crippen LogP contribution in [0.1, 0.15) is 0 Å². The Morgan fingerprint density at radius 1 is 1.00 bits per heavy atom. The minimum Gasteiger partial charge on any atom is -0.343 e. The van der Waals surface area contributed by atoms with Crippen molar-refractivity contribution in [2.45, 2.75) is 0 Å². The zero-order valence-electron chi connectivity index (χ0n) is 13.5. The second kappa shape index (κ2) is 5.44. The lowest BCUT2D eigenvalue weighted by atomic mass is 10.1. The highest BCUT2D eigenvalue weighted by Crippen LogP contribution is 2.28. The molecule has 3 nitrogen and oxygen atoms in total. The molecule has 0 atom stereocenters. The summed E-state index contributed by atoms with van der Waals surface area (Å²) in [6.07, 6.45) is 0. The summed E-state index contributed by atoms with van der Waals surface area (Å²) in [5.41, 5.74) is 3.20. The van der Waals surface area contributed by atoms with Crippen molar-refractivity contribution in [2.24, 2.45) is 12.0 Å². The first-order valence-corrected chi connectivity index (χ1v) is 8.83. The summed E-state index contributed by atoms with van der Waals surface area (Å²) >= 11 is 1.60. The normalized spacial score (nSPS) is 12.1. The van der Waals surface area contributed by atoms with E-state index in [4.69, 9.17) is 4.99 Å². The summed E-state index contributed by atoms with van der Waals surface area (Å²) in [5, 5.41) is 3.72. The number of nitrogens with zero attached hydrogens (tertiary/aromatic N) is 3. The highest BCUT2D eigenvalue weighted by atomic mass is 32.1. The molecular formula is C21H13N3S. The second-order valence-electron chi connectivity index (χ2n) is 5.86. The fourth-order valence-electron chi connectivity index (χ4n) is 3.19. The maximum atomic E-state index is 4.92. The predicted octanol–water partition coefficient (Wildman–Crippen LogP) is 4.77. The maximum Gasteiger partial charge on any atom is 0.210 e. The molecule has 0 aliphatic heterocycles. The highest BCUT2D eigenvalue weighted by Gasteiger charge is 2.08. The number of fused-ring (bicyclic) bond motifs is 3. The van der Waals surface area contributed by atoms with E-state index in [0.717, 1.165) is 42.5 Å². The van der Waals surface area contributed by atoms with Gasteiger partial charge in [-0.15, -0.1) is 0 Å². The topological polar surface area (TPSA) is 30.2 Å². The molecule has 0 saturated heterocycles. The van der Waals surface area contributed by atoms with E-state index in [1.807, 2.05) is 30.3 Å². The van der Waals surface area contributed by atoms with Crippen molar-refractivity contribution in [1.82, 2.24) is 9.55 Å². The fraction of sp³-hybridized carbons (Fsp3) is 0.0476. The molecular weight excluding hydrogens is 326 g/mol. The molecule has 0 N–H and O–H groups in total. The van der Waals surface area contributed by atoms with Crippen LogP contribution in [-0.2, 0) is 7.05 Å². The predicted molar refractivity (Wildman–Crippen MR) is 103 cm³/mol. The number of hydrogen-bond donors (Lipinski definition) is 0. The first-order valence-electron chi connectivity index (χ1n) is 8.01. The van der Waals surface area contributed by atoms with Crippen LogP contribution >= 0.6 is 11.3 Å². The number of benzene rings is 2. The quantitative estimate of drug-likeness (QED) is 0.432. The summed E-state index contributed by atoms with van der Waals surface area (Å²) in [6.45, 7) is 0. The van der Waals surface area contributed by atoms with Crippen molar-refractivity contribution in [3.05, 3.63) is 78.2 Å². The molecule has 0 amide bonds. The summed E-state index contributed by atoms with van der Waals surface area (Å²) < 4.78 is 3.32. The van der Waals surface area contributed by atoms with Crippen LogP contribution in [0.5, 0.6) is 0 Å². The van der Waals surface area contributed by atoms with E-state index in [1.165, 1.54) is 0 Å². The smallest absolute Gasteiger partial charge is 0.210 e. The molecule has 5 aromatic rings. The largest absolute Gasteiger partial charge is 0.343 e. The van der Waals surface area contributed by atoms with Crippen LogP contribution in [0.15, 0.2) is 65.7 Å². The summed E-state index contributed by atoms with van der Waals surface area (Å²) in [5.74, 6) is 0. The number of pyridine rings is 1. The Morgan fingerprint density at radius 3 is 2.76 bits per heavy atom. The lowest BCUT2D eigenvalue weighted by molar-refractivity contribution is 1.00. The number of thiazole rings is 1. The van der Waals surface area contributed by atoms with Crippen molar-refractivity contribution < 1.29 is 0 Å². The van der Waals surface area contributed by atoms with Crippen molar-refractivity contribution in [3.8, 4) is 0 Å². The average molecular weight is 339 g/mol. The number of rotatable bonds is 1. The van der Waals surface area contributed by atoms with Crippen molar-refractivity contribution in [3.63, 3.8) is 0 Å². The van der Waals surface area contributed by atoms with Crippen LogP contribution in [0.25, 0.3) is 32.0 Å². The molecule has 0 aliphatic rings. The van der Waals surface area contributed by atoms with Gasteiger partial charge in [0, 0.05) is 12.4 Å². The molecule has 3 aromatic carbocycles. The third kappa shape index (κ3) is 2.21. The second-order valence-corrected chi connectivity index (χ2v) is 6.87. The van der Waals surface area contributed by atoms with E-state index < -0.39 is 0 Å². The SMILES string of the molecule is Cn1c2ccc#cc2c(=Nc2nc3ccccc3s2)c2ccccc21. The van der Waals surface area contributed by atoms with Crippen molar-refractivity contribution in [2.75, 3.05) is 0 Å². The zero-order chi connectivity index (χ0) is 16.8. The summed E-state index contributed by atoms with van der Waals surface area (Å²) in [6, 6.07) is 26.7. The van der Waals surface area contributed by atoms with Gasteiger partial charge in [-0.3, -0.25) is 0 Å². The Labute approximate surface area is 148 Å². The van der Waals surface area contributed by atoms with Gasteiger partial charge in [-0.25, -0.2) is 9.98 Å². The van der Waals surface area contributed by atoms with Crippen LogP contribution in [0.4, 0.5) is 5.13 Å². The van der Waals surface area contributed by atoms with Gasteiger partial charge in [0.15, 0.2) is 0 Å². The Hall–Kier alpha value is -3.16. The Bertz CT molecular complexity index is 1220. The van der Waals surface area contributed by atoms with Crippen LogP contribution in [0.2, 0.25) is 0 Å². The zero-order valence-corrected chi connectivity index (χ0v) is 14.3. The van der Waals surface area contributed by atoms with Gasteiger partial charge in [-0.05, 0) is 30.3 Å². The van der Waals surface area contributed by atoms with E-state index in [-0.39, 0.29) is 0 Å². The molecule has 118 valence electrons. The Balaban J connectivity index is 1.94. The van der Waals surface area contributed by atoms with Crippen LogP contribution in [0.3, 0.4) is 0 Å². The molecule has 2 heterocycles. The van der Waals surface area contributed by atoms with Crippen LogP contribution < -0.4 is 5.36 Å². The molecule has 5 rings (SSSR count). The molecule has 0 aliphatic carbocycles. The average Bonchev–Trinajstić information content (AvgIpc) is 3.08.